The van der Waals surface area contributed by atoms with E-state index in [1.807, 2.05) is 0 Å². The van der Waals surface area contributed by atoms with Gasteiger partial charge in [0.1, 0.15) is 5.82 Å². The van der Waals surface area contributed by atoms with Gasteiger partial charge in [0.25, 0.3) is 5.56 Å². The molecule has 0 saturated carbocycles. The molecule has 0 aliphatic rings. The van der Waals surface area contributed by atoms with Crippen LogP contribution in [0.2, 0.25) is 0 Å². The number of halogens is 1. The highest BCUT2D eigenvalue weighted by molar-refractivity contribution is 5.89. The molecule has 0 amide bonds. The summed E-state index contributed by atoms with van der Waals surface area (Å²) in [5.41, 5.74) is 0.310. The zero-order valence-electron chi connectivity index (χ0n) is 10.3. The topological polar surface area (TPSA) is 48.3 Å². The van der Waals surface area contributed by atoms with Crippen LogP contribution in [0, 0.1) is 5.82 Å². The summed E-state index contributed by atoms with van der Waals surface area (Å²) in [5, 5.41) is 0. The van der Waals surface area contributed by atoms with Gasteiger partial charge in [0.05, 0.1) is 19.2 Å². The molecule has 0 N–H and O–H groups in total. The lowest BCUT2D eigenvalue weighted by Crippen LogP contribution is -2.18. The summed E-state index contributed by atoms with van der Waals surface area (Å²) in [6, 6.07) is 8.96. The van der Waals surface area contributed by atoms with Gasteiger partial charge < -0.3 is 9.30 Å². The van der Waals surface area contributed by atoms with E-state index >= 15 is 0 Å². The zero-order valence-corrected chi connectivity index (χ0v) is 10.3. The van der Waals surface area contributed by atoms with Gasteiger partial charge in [-0.15, -0.1) is 0 Å². The second-order valence-electron chi connectivity index (χ2n) is 3.97. The summed E-state index contributed by atoms with van der Waals surface area (Å²) in [5.74, 6) is -1.38. The first-order chi connectivity index (χ1) is 9.11. The Balaban J connectivity index is 2.29. The molecule has 98 valence electrons. The first kappa shape index (κ1) is 13.0. The molecule has 0 spiro atoms. The van der Waals surface area contributed by atoms with Crippen LogP contribution in [0.1, 0.15) is 15.9 Å². The number of pyridine rings is 1. The summed E-state index contributed by atoms with van der Waals surface area (Å²) in [7, 11) is 1.19. The Hall–Kier alpha value is -2.43. The standard InChI is InChI=1S/C14H12FNO3/c1-19-14(18)11-6-5-10(8-12(11)15)9-16-7-3-2-4-13(16)17/h2-8H,9H2,1H3. The minimum atomic E-state index is -0.721. The van der Waals surface area contributed by atoms with Crippen LogP contribution >= 0.6 is 0 Å². The number of rotatable bonds is 3. The van der Waals surface area contributed by atoms with Gasteiger partial charge in [0, 0.05) is 12.3 Å². The van der Waals surface area contributed by atoms with E-state index in [4.69, 9.17) is 0 Å². The van der Waals surface area contributed by atoms with Crippen molar-refractivity contribution in [2.75, 3.05) is 7.11 Å². The van der Waals surface area contributed by atoms with Crippen LogP contribution in [-0.4, -0.2) is 17.6 Å². The van der Waals surface area contributed by atoms with Crippen LogP contribution in [0.25, 0.3) is 0 Å². The number of hydrogen-bond acceptors (Lipinski definition) is 3. The van der Waals surface area contributed by atoms with E-state index in [1.54, 1.807) is 24.4 Å². The molecule has 0 aliphatic carbocycles. The predicted molar refractivity (Wildman–Crippen MR) is 67.5 cm³/mol. The van der Waals surface area contributed by atoms with Crippen molar-refractivity contribution in [3.63, 3.8) is 0 Å². The second-order valence-corrected chi connectivity index (χ2v) is 3.97. The number of aromatic nitrogens is 1. The molecule has 1 aromatic carbocycles. The van der Waals surface area contributed by atoms with Crippen LogP contribution in [0.4, 0.5) is 4.39 Å². The number of carbonyl (C=O) groups excluding carboxylic acids is 1. The number of nitrogens with zero attached hydrogens (tertiary/aromatic N) is 1. The molecule has 0 unspecified atom stereocenters. The normalized spacial score (nSPS) is 10.2. The van der Waals surface area contributed by atoms with Gasteiger partial charge in [0.2, 0.25) is 0 Å². The molecule has 0 radical (unpaired) electrons. The molecule has 0 aliphatic heterocycles. The Morgan fingerprint density at radius 3 is 2.74 bits per heavy atom. The Bertz CT molecular complexity index is 664. The molecule has 4 nitrogen and oxygen atoms in total. The van der Waals surface area contributed by atoms with Gasteiger partial charge in [0.15, 0.2) is 0 Å². The van der Waals surface area contributed by atoms with Gasteiger partial charge in [-0.25, -0.2) is 9.18 Å². The largest absolute Gasteiger partial charge is 0.465 e. The van der Waals surface area contributed by atoms with Crippen molar-refractivity contribution in [1.82, 2.24) is 4.57 Å². The van der Waals surface area contributed by atoms with E-state index in [0.717, 1.165) is 0 Å². The number of benzene rings is 1. The van der Waals surface area contributed by atoms with E-state index in [2.05, 4.69) is 4.74 Å². The SMILES string of the molecule is COC(=O)c1ccc(Cn2ccccc2=O)cc1F. The number of carbonyl (C=O) groups is 1. The van der Waals surface area contributed by atoms with E-state index in [1.165, 1.54) is 29.9 Å². The lowest BCUT2D eigenvalue weighted by Gasteiger charge is -2.07. The second kappa shape index (κ2) is 5.48. The summed E-state index contributed by atoms with van der Waals surface area (Å²) < 4.78 is 19.6. The lowest BCUT2D eigenvalue weighted by atomic mass is 10.1. The van der Waals surface area contributed by atoms with E-state index in [9.17, 15) is 14.0 Å². The number of esters is 1. The Kier molecular flexibility index (Phi) is 3.75. The van der Waals surface area contributed by atoms with Crippen molar-refractivity contribution in [3.05, 3.63) is 69.9 Å². The van der Waals surface area contributed by atoms with Gasteiger partial charge in [-0.2, -0.15) is 0 Å². The Labute approximate surface area is 109 Å². The molecule has 1 heterocycles. The third-order valence-electron chi connectivity index (χ3n) is 2.69. The highest BCUT2D eigenvalue weighted by atomic mass is 19.1. The highest BCUT2D eigenvalue weighted by Crippen LogP contribution is 2.12. The maximum Gasteiger partial charge on any atom is 0.340 e. The average molecular weight is 261 g/mol. The quantitative estimate of drug-likeness (QED) is 0.792. The summed E-state index contributed by atoms with van der Waals surface area (Å²) in [4.78, 5) is 22.8. The molecular weight excluding hydrogens is 249 g/mol. The van der Waals surface area contributed by atoms with Crippen LogP contribution < -0.4 is 5.56 Å². The molecule has 0 saturated heterocycles. The monoisotopic (exact) mass is 261 g/mol. The molecule has 0 bridgehead atoms. The lowest BCUT2D eigenvalue weighted by molar-refractivity contribution is 0.0595. The average Bonchev–Trinajstić information content (AvgIpc) is 2.41. The molecule has 5 heteroatoms. The predicted octanol–water partition coefficient (Wildman–Crippen LogP) is 1.82. The molecular formula is C14H12FNO3. The van der Waals surface area contributed by atoms with Crippen molar-refractivity contribution in [2.24, 2.45) is 0 Å². The van der Waals surface area contributed by atoms with E-state index < -0.39 is 11.8 Å². The van der Waals surface area contributed by atoms with Gasteiger partial charge in [-0.05, 0) is 23.8 Å². The highest BCUT2D eigenvalue weighted by Gasteiger charge is 2.12. The number of methoxy groups -OCH3 is 1. The summed E-state index contributed by atoms with van der Waals surface area (Å²) in [6.45, 7) is 0.248. The van der Waals surface area contributed by atoms with Gasteiger partial charge >= 0.3 is 5.97 Å². The maximum atomic E-state index is 13.7. The minimum Gasteiger partial charge on any atom is -0.465 e. The zero-order chi connectivity index (χ0) is 13.8. The molecule has 0 atom stereocenters. The van der Waals surface area contributed by atoms with Crippen LogP contribution in [-0.2, 0) is 11.3 Å². The molecule has 2 aromatic rings. The van der Waals surface area contributed by atoms with Crippen molar-refractivity contribution < 1.29 is 13.9 Å². The molecule has 0 fully saturated rings. The van der Waals surface area contributed by atoms with Crippen LogP contribution in [0.5, 0.6) is 0 Å². The van der Waals surface area contributed by atoms with Gasteiger partial charge in [-0.3, -0.25) is 4.79 Å². The molecule has 2 rings (SSSR count). The fourth-order valence-corrected chi connectivity index (χ4v) is 1.72. The third kappa shape index (κ3) is 2.88. The van der Waals surface area contributed by atoms with Gasteiger partial charge in [-0.1, -0.05) is 12.1 Å². The first-order valence-electron chi connectivity index (χ1n) is 5.64. The van der Waals surface area contributed by atoms with E-state index in [-0.39, 0.29) is 17.7 Å². The van der Waals surface area contributed by atoms with Crippen molar-refractivity contribution >= 4 is 5.97 Å². The number of ether oxygens (including phenoxy) is 1. The number of hydrogen-bond donors (Lipinski definition) is 0. The smallest absolute Gasteiger partial charge is 0.340 e. The third-order valence-corrected chi connectivity index (χ3v) is 2.69. The summed E-state index contributed by atoms with van der Waals surface area (Å²) >= 11 is 0. The Morgan fingerprint density at radius 1 is 1.32 bits per heavy atom. The first-order valence-corrected chi connectivity index (χ1v) is 5.64. The minimum absolute atomic E-state index is 0.119. The van der Waals surface area contributed by atoms with E-state index in [0.29, 0.717) is 5.56 Å². The molecule has 1 aromatic heterocycles. The Morgan fingerprint density at radius 2 is 2.11 bits per heavy atom. The fourth-order valence-electron chi connectivity index (χ4n) is 1.72. The van der Waals surface area contributed by atoms with Crippen molar-refractivity contribution in [1.29, 1.82) is 0 Å². The fraction of sp³-hybridized carbons (Fsp3) is 0.143. The van der Waals surface area contributed by atoms with Crippen LogP contribution in [0.15, 0.2) is 47.4 Å². The van der Waals surface area contributed by atoms with Crippen molar-refractivity contribution in [2.45, 2.75) is 6.54 Å². The van der Waals surface area contributed by atoms with Crippen molar-refractivity contribution in [3.8, 4) is 0 Å². The van der Waals surface area contributed by atoms with Crippen LogP contribution in [0.3, 0.4) is 0 Å². The summed E-state index contributed by atoms with van der Waals surface area (Å²) in [6.07, 6.45) is 1.62. The molecule has 19 heavy (non-hydrogen) atoms. The maximum absolute atomic E-state index is 13.7.